The Morgan fingerprint density at radius 3 is 2.89 bits per heavy atom. The second-order valence-electron chi connectivity index (χ2n) is 4.10. The molecule has 0 atom stereocenters. The van der Waals surface area contributed by atoms with E-state index in [2.05, 4.69) is 16.8 Å². The maximum absolute atomic E-state index is 5.35. The van der Waals surface area contributed by atoms with Crippen molar-refractivity contribution in [2.45, 2.75) is 13.5 Å². The van der Waals surface area contributed by atoms with E-state index in [1.165, 1.54) is 0 Å². The van der Waals surface area contributed by atoms with Gasteiger partial charge in [0.05, 0.1) is 12.7 Å². The van der Waals surface area contributed by atoms with Crippen LogP contribution < -0.4 is 4.74 Å². The number of aromatic amines is 1. The molecule has 4 nitrogen and oxygen atoms in total. The van der Waals surface area contributed by atoms with Crippen molar-refractivity contribution in [2.24, 2.45) is 0 Å². The summed E-state index contributed by atoms with van der Waals surface area (Å²) < 4.78 is 7.84. The molecular weight excluding hydrogens is 246 g/mol. The van der Waals surface area contributed by atoms with Gasteiger partial charge < -0.3 is 4.74 Å². The molecule has 1 heterocycles. The van der Waals surface area contributed by atoms with E-state index in [0.717, 1.165) is 22.7 Å². The van der Waals surface area contributed by atoms with Gasteiger partial charge in [-0.1, -0.05) is 24.3 Å². The van der Waals surface area contributed by atoms with Crippen molar-refractivity contribution in [1.82, 2.24) is 14.8 Å². The van der Waals surface area contributed by atoms with Crippen LogP contribution in [0.25, 0.3) is 11.4 Å². The number of para-hydroxylation sites is 1. The van der Waals surface area contributed by atoms with E-state index < -0.39 is 0 Å². The molecule has 0 saturated heterocycles. The second-order valence-corrected chi connectivity index (χ2v) is 4.48. The molecule has 0 fully saturated rings. The van der Waals surface area contributed by atoms with Gasteiger partial charge in [-0.2, -0.15) is 5.10 Å². The summed E-state index contributed by atoms with van der Waals surface area (Å²) in [6.07, 6.45) is 0. The first-order chi connectivity index (χ1) is 8.63. The lowest BCUT2D eigenvalue weighted by atomic mass is 10.2. The molecule has 2 rings (SSSR count). The van der Waals surface area contributed by atoms with Gasteiger partial charge in [0.15, 0.2) is 10.6 Å². The smallest absolute Gasteiger partial charge is 0.195 e. The Morgan fingerprint density at radius 1 is 1.50 bits per heavy atom. The average molecular weight is 261 g/mol. The molecule has 1 N–H and O–H groups in total. The van der Waals surface area contributed by atoms with Crippen LogP contribution in [0.5, 0.6) is 5.75 Å². The number of ether oxygens (including phenoxy) is 1. The van der Waals surface area contributed by atoms with Gasteiger partial charge in [0, 0.05) is 6.54 Å². The lowest BCUT2D eigenvalue weighted by molar-refractivity contribution is 0.416. The number of hydrogen-bond donors (Lipinski definition) is 1. The van der Waals surface area contributed by atoms with Gasteiger partial charge in [0.2, 0.25) is 0 Å². The molecule has 1 aromatic heterocycles. The van der Waals surface area contributed by atoms with Crippen LogP contribution in [0.15, 0.2) is 36.4 Å². The zero-order valence-electron chi connectivity index (χ0n) is 10.4. The number of rotatable bonds is 4. The molecule has 0 bridgehead atoms. The van der Waals surface area contributed by atoms with Crippen molar-refractivity contribution in [3.05, 3.63) is 41.2 Å². The molecule has 0 amide bonds. The summed E-state index contributed by atoms with van der Waals surface area (Å²) >= 11 is 5.23. The van der Waals surface area contributed by atoms with Crippen molar-refractivity contribution in [3.63, 3.8) is 0 Å². The first-order valence-corrected chi connectivity index (χ1v) is 5.97. The molecule has 0 saturated carbocycles. The van der Waals surface area contributed by atoms with E-state index in [9.17, 15) is 0 Å². The second kappa shape index (κ2) is 5.18. The first kappa shape index (κ1) is 12.6. The minimum atomic E-state index is 0.582. The summed E-state index contributed by atoms with van der Waals surface area (Å²) in [5.41, 5.74) is 1.93. The Balaban J connectivity index is 2.57. The van der Waals surface area contributed by atoms with Crippen molar-refractivity contribution in [3.8, 4) is 17.1 Å². The number of nitrogens with one attached hydrogen (secondary N) is 1. The van der Waals surface area contributed by atoms with Crippen molar-refractivity contribution in [1.29, 1.82) is 0 Å². The fourth-order valence-corrected chi connectivity index (χ4v) is 1.97. The Bertz CT molecular complexity index is 627. The molecule has 5 heteroatoms. The lowest BCUT2D eigenvalue weighted by Crippen LogP contribution is -2.02. The summed E-state index contributed by atoms with van der Waals surface area (Å²) in [6.45, 7) is 6.51. The molecule has 94 valence electrons. The highest BCUT2D eigenvalue weighted by molar-refractivity contribution is 7.71. The van der Waals surface area contributed by atoms with E-state index in [1.54, 1.807) is 7.11 Å². The Hall–Kier alpha value is -1.88. The molecule has 2 aromatic rings. The standard InChI is InChI=1S/C13H15N3OS/c1-9(2)8-16-12(14-15-13(16)18)10-6-4-5-7-11(10)17-3/h4-7H,1,8H2,2-3H3,(H,15,18). The Kier molecular flexibility index (Phi) is 3.62. The summed E-state index contributed by atoms with van der Waals surface area (Å²) in [7, 11) is 1.64. The molecule has 0 unspecified atom stereocenters. The maximum atomic E-state index is 5.35. The SMILES string of the molecule is C=C(C)Cn1c(-c2ccccc2OC)n[nH]c1=S. The van der Waals surface area contributed by atoms with Crippen molar-refractivity contribution >= 4 is 12.2 Å². The number of aromatic nitrogens is 3. The maximum Gasteiger partial charge on any atom is 0.195 e. The highest BCUT2D eigenvalue weighted by atomic mass is 32.1. The van der Waals surface area contributed by atoms with Crippen LogP contribution in [0.2, 0.25) is 0 Å². The van der Waals surface area contributed by atoms with Gasteiger partial charge in [-0.15, -0.1) is 0 Å². The van der Waals surface area contributed by atoms with Crippen LogP contribution in [0.3, 0.4) is 0 Å². The summed E-state index contributed by atoms with van der Waals surface area (Å²) in [5.74, 6) is 1.54. The van der Waals surface area contributed by atoms with Crippen LogP contribution >= 0.6 is 12.2 Å². The fraction of sp³-hybridized carbons (Fsp3) is 0.231. The third-order valence-electron chi connectivity index (χ3n) is 2.53. The Morgan fingerprint density at radius 2 is 2.22 bits per heavy atom. The fourth-order valence-electron chi connectivity index (χ4n) is 1.77. The van der Waals surface area contributed by atoms with Gasteiger partial charge in [-0.05, 0) is 31.3 Å². The van der Waals surface area contributed by atoms with Crippen molar-refractivity contribution in [2.75, 3.05) is 7.11 Å². The third kappa shape index (κ3) is 2.36. The topological polar surface area (TPSA) is 42.8 Å². The van der Waals surface area contributed by atoms with Crippen LogP contribution in [0.1, 0.15) is 6.92 Å². The number of allylic oxidation sites excluding steroid dienone is 1. The summed E-state index contributed by atoms with van der Waals surface area (Å²) in [5, 5.41) is 7.08. The van der Waals surface area contributed by atoms with Crippen molar-refractivity contribution < 1.29 is 4.74 Å². The third-order valence-corrected chi connectivity index (χ3v) is 2.85. The number of nitrogens with zero attached hydrogens (tertiary/aromatic N) is 2. The van der Waals surface area contributed by atoms with Gasteiger partial charge in [-0.3, -0.25) is 9.67 Å². The molecule has 18 heavy (non-hydrogen) atoms. The van der Waals surface area contributed by atoms with Crippen LogP contribution in [0.4, 0.5) is 0 Å². The predicted octanol–water partition coefficient (Wildman–Crippen LogP) is 3.19. The molecule has 0 aliphatic heterocycles. The zero-order valence-corrected chi connectivity index (χ0v) is 11.3. The molecule has 1 aromatic carbocycles. The molecule has 0 aliphatic carbocycles. The number of hydrogen-bond acceptors (Lipinski definition) is 3. The van der Waals surface area contributed by atoms with Gasteiger partial charge >= 0.3 is 0 Å². The first-order valence-electron chi connectivity index (χ1n) is 5.56. The monoisotopic (exact) mass is 261 g/mol. The van der Waals surface area contributed by atoms with Gasteiger partial charge in [0.25, 0.3) is 0 Å². The summed E-state index contributed by atoms with van der Waals surface area (Å²) in [4.78, 5) is 0. The lowest BCUT2D eigenvalue weighted by Gasteiger charge is -2.09. The number of methoxy groups -OCH3 is 1. The minimum absolute atomic E-state index is 0.582. The van der Waals surface area contributed by atoms with E-state index in [1.807, 2.05) is 35.8 Å². The Labute approximate surface area is 111 Å². The van der Waals surface area contributed by atoms with E-state index in [4.69, 9.17) is 17.0 Å². The number of benzene rings is 1. The molecular formula is C13H15N3OS. The van der Waals surface area contributed by atoms with Crippen LogP contribution in [0, 0.1) is 4.77 Å². The largest absolute Gasteiger partial charge is 0.496 e. The quantitative estimate of drug-likeness (QED) is 0.679. The highest BCUT2D eigenvalue weighted by Crippen LogP contribution is 2.28. The van der Waals surface area contributed by atoms with E-state index in [0.29, 0.717) is 11.3 Å². The summed E-state index contributed by atoms with van der Waals surface area (Å²) in [6, 6.07) is 7.73. The van der Waals surface area contributed by atoms with Gasteiger partial charge in [0.1, 0.15) is 5.75 Å². The molecule has 0 radical (unpaired) electrons. The normalized spacial score (nSPS) is 10.3. The van der Waals surface area contributed by atoms with E-state index >= 15 is 0 Å². The zero-order chi connectivity index (χ0) is 13.1. The molecule has 0 aliphatic rings. The average Bonchev–Trinajstić information content (AvgIpc) is 2.70. The van der Waals surface area contributed by atoms with Crippen LogP contribution in [-0.4, -0.2) is 21.9 Å². The minimum Gasteiger partial charge on any atom is -0.496 e. The molecule has 0 spiro atoms. The van der Waals surface area contributed by atoms with Gasteiger partial charge in [-0.25, -0.2) is 0 Å². The van der Waals surface area contributed by atoms with Crippen LogP contribution in [-0.2, 0) is 6.54 Å². The number of H-pyrrole nitrogens is 1. The highest BCUT2D eigenvalue weighted by Gasteiger charge is 2.12. The van der Waals surface area contributed by atoms with E-state index in [-0.39, 0.29) is 0 Å². The predicted molar refractivity (Wildman–Crippen MR) is 74.2 cm³/mol.